The van der Waals surface area contributed by atoms with Crippen LogP contribution in [0.2, 0.25) is 0 Å². The Bertz CT molecular complexity index is 380. The Morgan fingerprint density at radius 2 is 2.21 bits per heavy atom. The lowest BCUT2D eigenvalue weighted by Gasteiger charge is -2.16. The van der Waals surface area contributed by atoms with Crippen molar-refractivity contribution in [3.8, 4) is 0 Å². The second-order valence-corrected chi connectivity index (χ2v) is 3.36. The Hall–Kier alpha value is -1.32. The smallest absolute Gasteiger partial charge is 0.227 e. The molecule has 1 aromatic rings. The minimum Gasteiger partial charge on any atom is -0.310 e. The Morgan fingerprint density at radius 3 is 2.79 bits per heavy atom. The van der Waals surface area contributed by atoms with Crippen molar-refractivity contribution in [3.63, 3.8) is 0 Å². The lowest BCUT2D eigenvalue weighted by Crippen LogP contribution is -2.25. The van der Waals surface area contributed by atoms with Crippen molar-refractivity contribution in [3.05, 3.63) is 24.0 Å². The maximum absolute atomic E-state index is 13.4. The second-order valence-electron chi connectivity index (χ2n) is 3.36. The fourth-order valence-electron chi connectivity index (χ4n) is 1.64. The Morgan fingerprint density at radius 1 is 1.43 bits per heavy atom. The molecule has 4 heteroatoms. The van der Waals surface area contributed by atoms with Crippen molar-refractivity contribution in [2.45, 2.75) is 12.8 Å². The Kier molecular flexibility index (Phi) is 2.27. The molecule has 0 bridgehead atoms. The maximum Gasteiger partial charge on any atom is 0.227 e. The Balaban J connectivity index is 2.36. The van der Waals surface area contributed by atoms with Gasteiger partial charge in [-0.05, 0) is 18.6 Å². The summed E-state index contributed by atoms with van der Waals surface area (Å²) < 4.78 is 13.4. The molecule has 0 saturated carbocycles. The minimum atomic E-state index is -0.430. The monoisotopic (exact) mass is 189 g/mol. The van der Waals surface area contributed by atoms with Crippen LogP contribution in [0, 0.1) is 5.82 Å². The zero-order chi connectivity index (χ0) is 10.1. The molecule has 1 aromatic carbocycles. The van der Waals surface area contributed by atoms with Crippen LogP contribution in [0.1, 0.15) is 12.8 Å². The third-order valence-electron chi connectivity index (χ3n) is 2.34. The molecule has 2 rings (SSSR count). The quantitative estimate of drug-likeness (QED) is 0.596. The third kappa shape index (κ3) is 1.52. The van der Waals surface area contributed by atoms with Crippen molar-refractivity contribution in [1.82, 2.24) is 0 Å². The molecule has 1 fully saturated rings. The van der Waals surface area contributed by atoms with Crippen LogP contribution in [0.4, 0.5) is 10.1 Å². The van der Waals surface area contributed by atoms with Crippen LogP contribution in [0.5, 0.6) is 0 Å². The number of anilines is 1. The third-order valence-corrected chi connectivity index (χ3v) is 2.34. The molecule has 1 aliphatic rings. The summed E-state index contributed by atoms with van der Waals surface area (Å²) in [4.78, 5) is 12.8. The molecule has 0 unspecified atom stereocenters. The molecular weight excluding hydrogens is 180 g/mol. The summed E-state index contributed by atoms with van der Waals surface area (Å²) in [6.45, 7) is 0.597. The van der Waals surface area contributed by atoms with Gasteiger partial charge in [0.15, 0.2) is 0 Å². The van der Waals surface area contributed by atoms with Crippen LogP contribution in [0.15, 0.2) is 18.2 Å². The highest BCUT2D eigenvalue weighted by atomic mass is 19.1. The van der Waals surface area contributed by atoms with E-state index in [2.05, 4.69) is 0 Å². The van der Waals surface area contributed by atoms with E-state index in [9.17, 15) is 9.18 Å². The van der Waals surface area contributed by atoms with E-state index in [0.717, 1.165) is 6.42 Å². The van der Waals surface area contributed by atoms with E-state index >= 15 is 0 Å². The van der Waals surface area contributed by atoms with Crippen LogP contribution in [0.25, 0.3) is 0 Å². The number of nitrogens with zero attached hydrogens (tertiary/aromatic N) is 1. The second kappa shape index (κ2) is 3.44. The van der Waals surface area contributed by atoms with Gasteiger partial charge in [0.1, 0.15) is 13.7 Å². The van der Waals surface area contributed by atoms with E-state index in [4.69, 9.17) is 7.85 Å². The van der Waals surface area contributed by atoms with Gasteiger partial charge in [-0.1, -0.05) is 11.5 Å². The summed E-state index contributed by atoms with van der Waals surface area (Å²) in [6, 6.07) is 4.39. The predicted octanol–water partition coefficient (Wildman–Crippen LogP) is 0.746. The molecule has 0 atom stereocenters. The minimum absolute atomic E-state index is 0.0197. The first-order valence-corrected chi connectivity index (χ1v) is 4.54. The molecule has 1 amide bonds. The van der Waals surface area contributed by atoms with Crippen LogP contribution in [-0.2, 0) is 4.79 Å². The highest BCUT2D eigenvalue weighted by Crippen LogP contribution is 2.23. The fourth-order valence-corrected chi connectivity index (χ4v) is 1.64. The number of carbonyl (C=O) groups is 1. The number of amides is 1. The van der Waals surface area contributed by atoms with Gasteiger partial charge in [-0.3, -0.25) is 4.79 Å². The highest BCUT2D eigenvalue weighted by Gasteiger charge is 2.23. The van der Waals surface area contributed by atoms with Crippen molar-refractivity contribution in [2.24, 2.45) is 0 Å². The molecule has 0 spiro atoms. The van der Waals surface area contributed by atoms with Gasteiger partial charge in [-0.2, -0.15) is 0 Å². The van der Waals surface area contributed by atoms with E-state index < -0.39 is 5.82 Å². The molecule has 2 nitrogen and oxygen atoms in total. The van der Waals surface area contributed by atoms with Gasteiger partial charge in [-0.15, -0.1) is 0 Å². The number of rotatable bonds is 1. The zero-order valence-corrected chi connectivity index (χ0v) is 7.66. The number of hydrogen-bond donors (Lipinski definition) is 0. The summed E-state index contributed by atoms with van der Waals surface area (Å²) in [5, 5.41) is 0. The molecular formula is C10H9BFNO. The molecule has 1 heterocycles. The van der Waals surface area contributed by atoms with Crippen LogP contribution in [-0.4, -0.2) is 20.3 Å². The van der Waals surface area contributed by atoms with Crippen molar-refractivity contribution in [2.75, 3.05) is 11.4 Å². The summed E-state index contributed by atoms with van der Waals surface area (Å²) >= 11 is 0. The molecule has 0 aliphatic carbocycles. The van der Waals surface area contributed by atoms with E-state index in [1.54, 1.807) is 12.1 Å². The van der Waals surface area contributed by atoms with Crippen molar-refractivity contribution < 1.29 is 9.18 Å². The first-order chi connectivity index (χ1) is 6.68. The largest absolute Gasteiger partial charge is 0.310 e. The van der Waals surface area contributed by atoms with Crippen LogP contribution in [0.3, 0.4) is 0 Å². The molecule has 14 heavy (non-hydrogen) atoms. The van der Waals surface area contributed by atoms with Crippen LogP contribution >= 0.6 is 0 Å². The lowest BCUT2D eigenvalue weighted by atomic mass is 9.96. The van der Waals surface area contributed by atoms with Gasteiger partial charge in [0.25, 0.3) is 0 Å². The molecule has 0 N–H and O–H groups in total. The first-order valence-electron chi connectivity index (χ1n) is 4.54. The Labute approximate surface area is 83.1 Å². The van der Waals surface area contributed by atoms with Gasteiger partial charge < -0.3 is 4.90 Å². The number of carbonyl (C=O) groups excluding carboxylic acids is 1. The standard InChI is InChI=1S/C10H9BFNO/c11-7-3-4-9(8(12)6-7)13-5-1-2-10(13)14/h3-4,6H,1-2,5H2. The fraction of sp³-hybridized carbons (Fsp3) is 0.300. The van der Waals surface area contributed by atoms with Crippen LogP contribution < -0.4 is 10.4 Å². The molecule has 1 aliphatic heterocycles. The van der Waals surface area contributed by atoms with Crippen molar-refractivity contribution in [1.29, 1.82) is 0 Å². The molecule has 1 saturated heterocycles. The number of benzene rings is 1. The van der Waals surface area contributed by atoms with Crippen molar-refractivity contribution >= 4 is 24.9 Å². The SMILES string of the molecule is [B]c1ccc(N2CCCC2=O)c(F)c1. The maximum atomic E-state index is 13.4. The molecule has 2 radical (unpaired) electrons. The van der Waals surface area contributed by atoms with Gasteiger partial charge in [0.2, 0.25) is 5.91 Å². The van der Waals surface area contributed by atoms with Gasteiger partial charge in [0, 0.05) is 13.0 Å². The lowest BCUT2D eigenvalue weighted by molar-refractivity contribution is -0.117. The summed E-state index contributed by atoms with van der Waals surface area (Å²) in [5.41, 5.74) is 0.708. The summed E-state index contributed by atoms with van der Waals surface area (Å²) in [7, 11) is 5.42. The average Bonchev–Trinajstić information content (AvgIpc) is 2.52. The van der Waals surface area contributed by atoms with Gasteiger partial charge in [0.05, 0.1) is 5.69 Å². The molecule has 70 valence electrons. The van der Waals surface area contributed by atoms with Gasteiger partial charge in [-0.25, -0.2) is 4.39 Å². The average molecular weight is 189 g/mol. The zero-order valence-electron chi connectivity index (χ0n) is 7.66. The van der Waals surface area contributed by atoms with Gasteiger partial charge >= 0.3 is 0 Å². The van der Waals surface area contributed by atoms with E-state index in [1.165, 1.54) is 11.0 Å². The first kappa shape index (κ1) is 9.25. The summed E-state index contributed by atoms with van der Waals surface area (Å²) in [6.07, 6.45) is 1.30. The van der Waals surface area contributed by atoms with E-state index in [0.29, 0.717) is 24.1 Å². The van der Waals surface area contributed by atoms with E-state index in [1.807, 2.05) is 0 Å². The summed E-state index contributed by atoms with van der Waals surface area (Å²) in [5.74, 6) is -0.450. The highest BCUT2D eigenvalue weighted by molar-refractivity contribution is 6.32. The number of hydrogen-bond acceptors (Lipinski definition) is 1. The predicted molar refractivity (Wildman–Crippen MR) is 53.4 cm³/mol. The van der Waals surface area contributed by atoms with E-state index in [-0.39, 0.29) is 5.91 Å². The topological polar surface area (TPSA) is 20.3 Å². The normalized spacial score (nSPS) is 16.4. The number of halogens is 1. The molecule has 0 aromatic heterocycles.